The van der Waals surface area contributed by atoms with Crippen molar-refractivity contribution in [3.05, 3.63) is 27.8 Å². The molecule has 0 atom stereocenters. The van der Waals surface area contributed by atoms with Crippen molar-refractivity contribution >= 4 is 38.5 Å². The molecule has 0 radical (unpaired) electrons. The van der Waals surface area contributed by atoms with Crippen LogP contribution >= 0.6 is 38.5 Å². The van der Waals surface area contributed by atoms with Crippen LogP contribution in [0.15, 0.2) is 24.3 Å². The van der Waals surface area contributed by atoms with Gasteiger partial charge in [0.25, 0.3) is 0 Å². The zero-order valence-electron chi connectivity index (χ0n) is 9.62. The van der Waals surface area contributed by atoms with Crippen LogP contribution in [0, 0.1) is 8.99 Å². The minimum Gasteiger partial charge on any atom is -0.493 e. The van der Waals surface area contributed by atoms with Crippen molar-refractivity contribution in [3.8, 4) is 5.75 Å². The van der Waals surface area contributed by atoms with Gasteiger partial charge in [0.1, 0.15) is 5.75 Å². The highest BCUT2D eigenvalue weighted by atomic mass is 127. The van der Waals surface area contributed by atoms with Gasteiger partial charge in [0, 0.05) is 27.5 Å². The Morgan fingerprint density at radius 3 is 2.47 bits per heavy atom. The summed E-state index contributed by atoms with van der Waals surface area (Å²) in [5.41, 5.74) is 0.237. The summed E-state index contributed by atoms with van der Waals surface area (Å²) in [6.07, 6.45) is 2.14. The van der Waals surface area contributed by atoms with E-state index >= 15 is 0 Å². The second kappa shape index (κ2) is 6.38. The fourth-order valence-corrected chi connectivity index (χ4v) is 2.97. The summed E-state index contributed by atoms with van der Waals surface area (Å²) in [7, 11) is 0. The van der Waals surface area contributed by atoms with Gasteiger partial charge in [0.15, 0.2) is 0 Å². The zero-order chi connectivity index (χ0) is 12.1. The van der Waals surface area contributed by atoms with E-state index in [1.54, 1.807) is 0 Å². The van der Waals surface area contributed by atoms with Gasteiger partial charge < -0.3 is 9.47 Å². The minimum atomic E-state index is 0.237. The molecule has 1 fully saturated rings. The van der Waals surface area contributed by atoms with E-state index in [9.17, 15) is 0 Å². The maximum atomic E-state index is 5.91. The maximum Gasteiger partial charge on any atom is 0.119 e. The largest absolute Gasteiger partial charge is 0.493 e. The molecule has 94 valence electrons. The van der Waals surface area contributed by atoms with E-state index in [4.69, 9.17) is 9.47 Å². The first-order chi connectivity index (χ1) is 8.24. The Kier molecular flexibility index (Phi) is 5.11. The summed E-state index contributed by atoms with van der Waals surface area (Å²) >= 11 is 5.92. The number of hydrogen-bond donors (Lipinski definition) is 0. The first kappa shape index (κ1) is 13.6. The van der Waals surface area contributed by atoms with E-state index < -0.39 is 0 Å². The molecule has 2 rings (SSSR count). The Labute approximate surface area is 124 Å². The number of halogens is 2. The lowest BCUT2D eigenvalue weighted by molar-refractivity contribution is 0.00354. The van der Waals surface area contributed by atoms with Crippen molar-refractivity contribution in [2.45, 2.75) is 12.8 Å². The summed E-state index contributed by atoms with van der Waals surface area (Å²) < 4.78 is 12.6. The van der Waals surface area contributed by atoms with E-state index in [2.05, 4.69) is 50.7 Å². The Morgan fingerprint density at radius 2 is 1.88 bits per heavy atom. The van der Waals surface area contributed by atoms with Crippen LogP contribution in [0.2, 0.25) is 0 Å². The molecule has 1 saturated heterocycles. The van der Waals surface area contributed by atoms with Crippen LogP contribution in [-0.4, -0.2) is 25.2 Å². The normalized spacial score (nSPS) is 18.9. The third kappa shape index (κ3) is 3.83. The van der Waals surface area contributed by atoms with Gasteiger partial charge in [0.2, 0.25) is 0 Å². The fourth-order valence-electron chi connectivity index (χ4n) is 1.89. The van der Waals surface area contributed by atoms with E-state index in [1.165, 1.54) is 3.57 Å². The summed E-state index contributed by atoms with van der Waals surface area (Å²) in [6, 6.07) is 8.20. The van der Waals surface area contributed by atoms with E-state index in [1.807, 2.05) is 12.1 Å². The molecule has 1 aliphatic rings. The average molecular weight is 411 g/mol. The Morgan fingerprint density at radius 1 is 1.24 bits per heavy atom. The van der Waals surface area contributed by atoms with E-state index in [0.29, 0.717) is 0 Å². The summed E-state index contributed by atoms with van der Waals surface area (Å²) in [4.78, 5) is 0. The Bertz CT molecular complexity index is 347. The average Bonchev–Trinajstić information content (AvgIpc) is 2.39. The summed E-state index contributed by atoms with van der Waals surface area (Å²) in [5, 5.41) is 0.980. The van der Waals surface area contributed by atoms with Gasteiger partial charge in [-0.25, -0.2) is 0 Å². The van der Waals surface area contributed by atoms with Crippen molar-refractivity contribution in [1.82, 2.24) is 0 Å². The molecule has 1 aromatic carbocycles. The van der Waals surface area contributed by atoms with Crippen molar-refractivity contribution in [2.75, 3.05) is 25.2 Å². The van der Waals surface area contributed by atoms with Gasteiger partial charge in [-0.1, -0.05) is 15.9 Å². The van der Waals surface area contributed by atoms with E-state index in [0.717, 1.165) is 43.7 Å². The molecule has 0 amide bonds. The molecular weight excluding hydrogens is 395 g/mol. The molecule has 1 heterocycles. The molecule has 0 spiro atoms. The topological polar surface area (TPSA) is 18.5 Å². The molecule has 0 bridgehead atoms. The predicted octanol–water partition coefficient (Wildman–Crippen LogP) is 3.86. The lowest BCUT2D eigenvalue weighted by atomic mass is 9.83. The second-order valence-electron chi connectivity index (χ2n) is 4.49. The Hall–Kier alpha value is 0.190. The van der Waals surface area contributed by atoms with Gasteiger partial charge in [-0.05, 0) is 59.7 Å². The number of hydrogen-bond acceptors (Lipinski definition) is 2. The van der Waals surface area contributed by atoms with Crippen LogP contribution in [0.3, 0.4) is 0 Å². The van der Waals surface area contributed by atoms with Crippen LogP contribution in [0.4, 0.5) is 0 Å². The van der Waals surface area contributed by atoms with Gasteiger partial charge in [-0.2, -0.15) is 0 Å². The molecule has 4 heteroatoms. The van der Waals surface area contributed by atoms with Crippen molar-refractivity contribution in [2.24, 2.45) is 5.41 Å². The number of ether oxygens (including phenoxy) is 2. The maximum absolute atomic E-state index is 5.91. The smallest absolute Gasteiger partial charge is 0.119 e. The van der Waals surface area contributed by atoms with Crippen molar-refractivity contribution in [3.63, 3.8) is 0 Å². The third-order valence-electron chi connectivity index (χ3n) is 3.20. The monoisotopic (exact) mass is 410 g/mol. The highest BCUT2D eigenvalue weighted by Gasteiger charge is 2.32. The zero-order valence-corrected chi connectivity index (χ0v) is 13.4. The predicted molar refractivity (Wildman–Crippen MR) is 80.9 cm³/mol. The van der Waals surface area contributed by atoms with Crippen LogP contribution in [0.25, 0.3) is 0 Å². The molecule has 0 saturated carbocycles. The third-order valence-corrected chi connectivity index (χ3v) is 5.10. The van der Waals surface area contributed by atoms with Gasteiger partial charge in [-0.15, -0.1) is 0 Å². The highest BCUT2D eigenvalue weighted by molar-refractivity contribution is 14.1. The lowest BCUT2D eigenvalue weighted by Gasteiger charge is -2.35. The van der Waals surface area contributed by atoms with Crippen molar-refractivity contribution in [1.29, 1.82) is 0 Å². The van der Waals surface area contributed by atoms with Crippen LogP contribution < -0.4 is 4.74 Å². The van der Waals surface area contributed by atoms with Gasteiger partial charge in [0.05, 0.1) is 6.61 Å². The number of benzene rings is 1. The van der Waals surface area contributed by atoms with Crippen LogP contribution in [0.1, 0.15) is 12.8 Å². The number of alkyl halides is 1. The SMILES string of the molecule is BrCC1(COc2ccc(I)cc2)CCOCC1. The van der Waals surface area contributed by atoms with Crippen LogP contribution in [0.5, 0.6) is 5.75 Å². The molecule has 2 nitrogen and oxygen atoms in total. The molecular formula is C13H16BrIO2. The lowest BCUT2D eigenvalue weighted by Crippen LogP contribution is -2.36. The molecule has 1 aliphatic heterocycles. The standard InChI is InChI=1S/C13H16BrIO2/c14-9-13(5-7-16-8-6-13)10-17-12-3-1-11(15)2-4-12/h1-4H,5-10H2. The molecule has 1 aromatic rings. The minimum absolute atomic E-state index is 0.237. The van der Waals surface area contributed by atoms with Gasteiger partial charge in [-0.3, -0.25) is 0 Å². The molecule has 0 aromatic heterocycles. The van der Waals surface area contributed by atoms with Crippen LogP contribution in [-0.2, 0) is 4.74 Å². The quantitative estimate of drug-likeness (QED) is 0.554. The van der Waals surface area contributed by atoms with Gasteiger partial charge >= 0.3 is 0 Å². The molecule has 0 unspecified atom stereocenters. The number of rotatable bonds is 4. The first-order valence-corrected chi connectivity index (χ1v) is 7.96. The fraction of sp³-hybridized carbons (Fsp3) is 0.538. The summed E-state index contributed by atoms with van der Waals surface area (Å²) in [6.45, 7) is 2.46. The second-order valence-corrected chi connectivity index (χ2v) is 6.29. The summed E-state index contributed by atoms with van der Waals surface area (Å²) in [5.74, 6) is 0.956. The molecule has 0 aliphatic carbocycles. The Balaban J connectivity index is 1.93. The van der Waals surface area contributed by atoms with Crippen molar-refractivity contribution < 1.29 is 9.47 Å². The highest BCUT2D eigenvalue weighted by Crippen LogP contribution is 2.33. The molecule has 17 heavy (non-hydrogen) atoms. The first-order valence-electron chi connectivity index (χ1n) is 5.76. The molecule has 0 N–H and O–H groups in total. The van der Waals surface area contributed by atoms with E-state index in [-0.39, 0.29) is 5.41 Å².